The van der Waals surface area contributed by atoms with Gasteiger partial charge in [-0.15, -0.1) is 75.9 Å². The summed E-state index contributed by atoms with van der Waals surface area (Å²) in [6.45, 7) is 12.6. The summed E-state index contributed by atoms with van der Waals surface area (Å²) in [5.74, 6) is -4.03. The summed E-state index contributed by atoms with van der Waals surface area (Å²) < 4.78 is 174. The Balaban J connectivity index is 0.000000238. The number of nitrogens with two attached hydrogens (primary N) is 3. The molecule has 9 N–H and O–H groups in total. The molecule has 5 amide bonds. The molecule has 6 heterocycles. The van der Waals surface area contributed by atoms with Crippen molar-refractivity contribution in [1.82, 2.24) is 29.2 Å². The number of rotatable bonds is 18. The molecule has 4 atom stereocenters. The highest BCUT2D eigenvalue weighted by molar-refractivity contribution is 6.40. The van der Waals surface area contributed by atoms with Crippen molar-refractivity contribution < 1.29 is 139 Å². The number of ether oxygens (including phenoxy) is 6. The number of carbonyl (C=O) groups is 10. The van der Waals surface area contributed by atoms with E-state index in [1.807, 2.05) is 0 Å². The number of hydrogen-bond donors (Lipinski definition) is 6. The molecule has 12 rings (SSSR count). The average molecular weight is 1820 g/mol. The van der Waals surface area contributed by atoms with Crippen LogP contribution < -0.4 is 41.5 Å². The number of carboxylic acid groups (broad SMARTS) is 2. The molecule has 27 nitrogen and oxygen atoms in total. The Morgan fingerprint density at radius 3 is 1.13 bits per heavy atom. The smallest absolute Gasteiger partial charge is 0.481 e. The number of benzene rings is 6. The predicted molar refractivity (Wildman–Crippen MR) is 434 cm³/mol. The number of amides is 5. The highest BCUT2D eigenvalue weighted by Crippen LogP contribution is 2.33. The van der Waals surface area contributed by atoms with E-state index in [9.17, 15) is 101 Å². The minimum Gasteiger partial charge on any atom is -0.481 e. The number of alkyl halides is 14. The first kappa shape index (κ1) is 102. The Labute approximate surface area is 718 Å². The third kappa shape index (κ3) is 34.9. The number of carboxylic acids is 2. The fourth-order valence-electron chi connectivity index (χ4n) is 13.4. The number of carbonyl (C=O) groups excluding carboxylic acids is 8. The van der Waals surface area contributed by atoms with Crippen LogP contribution in [-0.2, 0) is 70.3 Å². The Morgan fingerprint density at radius 2 is 0.776 bits per heavy atom. The predicted octanol–water partition coefficient (Wildman–Crippen LogP) is 16.6. The van der Waals surface area contributed by atoms with Crippen LogP contribution in [-0.4, -0.2) is 186 Å². The number of anilines is 1. The van der Waals surface area contributed by atoms with Crippen LogP contribution in [0.3, 0.4) is 0 Å². The number of nitrogens with zero attached hydrogens (tertiary/aromatic N) is 5. The van der Waals surface area contributed by atoms with E-state index in [2.05, 4.69) is 24.3 Å². The minimum absolute atomic E-state index is 0.00154. The summed E-state index contributed by atoms with van der Waals surface area (Å²) in [4.78, 5) is 123. The van der Waals surface area contributed by atoms with Gasteiger partial charge < -0.3 is 66.1 Å². The molecular weight excluding hydrogens is 1720 g/mol. The molecule has 0 saturated carbocycles. The molecule has 680 valence electrons. The SMILES string of the molecule is CC(C)(C)OC(=O)N1CCC[C@H]1C(=O)Cc1cccc(OC(F)(F)F)c1.CC(C)(C)OC(=O)N1CCC[C@H]1C(=O)O.ClCCl.NC(=O)n1cc(CC(=O)N2CCC[C@H]2C(=O)Cc2cccc(OC(F)(F)F)c2)c2ccccc21.NC(=O)n1cc(CC(=O)O)c2ccccc21.Nc1cccc(OC(F)(F)F)c1.O=C(Cc1cccc(OC(F)(F)F)c1)[C@@H]1CCCN1. The van der Waals surface area contributed by atoms with E-state index in [-0.39, 0.29) is 89.7 Å². The standard InChI is InChI=1S/C24H22F3N3O4.C18H22F3NO4.C13H14F3NO2.C11H10N2O3.C10H17NO4.C7H6F3NO.CH2Cl2/c25-24(26,27)34-17-6-3-5-15(11-17)12-21(31)20-9-4-10-29(20)22(32)13-16-14-30(23(28)33)19-8-2-1-7-18(16)19;1-17(2,3)26-16(24)22-9-5-8-14(22)15(23)11-12-6-4-7-13(10-12)25-18(19,20)21;14-13(15,16)19-10-4-1-3-9(7-10)8-12(18)11-5-2-6-17-11;12-11(16)13-6-7(5-10(14)15)8-3-1-2-4-9(8)13;1-10(2,3)15-9(14)11-6-4-5-7(11)8(12)13;8-7(9,10)12-6-3-1-2-5(11)4-6;2-1-3/h1-3,5-8,11,14,20H,4,9-10,12-13H2,(H2,28,33);4,6-7,10,14H,5,8-9,11H2,1-3H3;1,3-4,7,11,17H,2,5-6,8H2;1-4,6H,5H2,(H2,12,16)(H,14,15);7H,4-6H2,1-3H3,(H,12,13);1-4H,11H2;1H2/t20-;14-;11-;;7-;;/m000.0../s1. The molecule has 0 aliphatic carbocycles. The van der Waals surface area contributed by atoms with Crippen LogP contribution in [0.5, 0.6) is 23.0 Å². The van der Waals surface area contributed by atoms with Crippen molar-refractivity contribution in [3.8, 4) is 23.0 Å². The third-order valence-electron chi connectivity index (χ3n) is 18.2. The van der Waals surface area contributed by atoms with Gasteiger partial charge in [0.05, 0.1) is 47.3 Å². The summed E-state index contributed by atoms with van der Waals surface area (Å²) in [5.41, 5.74) is 18.6. The zero-order valence-electron chi connectivity index (χ0n) is 68.2. The number of nitrogens with one attached hydrogen (secondary N) is 1. The van der Waals surface area contributed by atoms with Crippen LogP contribution in [0, 0.1) is 0 Å². The van der Waals surface area contributed by atoms with Crippen molar-refractivity contribution in [3.63, 3.8) is 0 Å². The van der Waals surface area contributed by atoms with Gasteiger partial charge in [-0.1, -0.05) is 78.9 Å². The van der Waals surface area contributed by atoms with Gasteiger partial charge >= 0.3 is 61.6 Å². The quantitative estimate of drug-likeness (QED) is 0.0264. The molecule has 4 aliphatic heterocycles. The largest absolute Gasteiger partial charge is 0.573 e. The van der Waals surface area contributed by atoms with Crippen LogP contribution >= 0.6 is 23.2 Å². The number of halogens is 14. The number of primary amides is 2. The number of likely N-dealkylation sites (tertiary alicyclic amines) is 3. The summed E-state index contributed by atoms with van der Waals surface area (Å²) >= 11 is 9.53. The first-order valence-corrected chi connectivity index (χ1v) is 39.5. The van der Waals surface area contributed by atoms with Crippen molar-refractivity contribution >= 4 is 110 Å². The van der Waals surface area contributed by atoms with Gasteiger partial charge in [0, 0.05) is 73.8 Å². The monoisotopic (exact) mass is 1810 g/mol. The number of Topliss-reactive ketones (excluding diaryl/α,β-unsaturated/α-hetero) is 3. The molecule has 0 bridgehead atoms. The van der Waals surface area contributed by atoms with E-state index in [0.717, 1.165) is 48.7 Å². The second kappa shape index (κ2) is 45.6. The zero-order valence-corrected chi connectivity index (χ0v) is 69.7. The summed E-state index contributed by atoms with van der Waals surface area (Å²) in [6.07, 6.45) is -12.0. The average Bonchev–Trinajstić information content (AvgIpc) is 1.71. The fraction of sp³-hybridized carbons (Fsp3) is 0.405. The lowest BCUT2D eigenvalue weighted by Gasteiger charge is -2.28. The molecule has 8 aromatic rings. The number of nitrogen functional groups attached to an aromatic ring is 1. The van der Waals surface area contributed by atoms with Crippen molar-refractivity contribution in [3.05, 3.63) is 186 Å². The second-order valence-electron chi connectivity index (χ2n) is 30.1. The first-order chi connectivity index (χ1) is 58.3. The summed E-state index contributed by atoms with van der Waals surface area (Å²) in [6, 6.07) is 31.9. The Morgan fingerprint density at radius 1 is 0.432 bits per heavy atom. The normalized spacial score (nSPS) is 16.2. The molecular formula is C84H93Cl2F12N9O18. The highest BCUT2D eigenvalue weighted by Gasteiger charge is 2.41. The highest BCUT2D eigenvalue weighted by atomic mass is 35.5. The molecule has 6 aromatic carbocycles. The summed E-state index contributed by atoms with van der Waals surface area (Å²) in [7, 11) is 0. The van der Waals surface area contributed by atoms with Crippen molar-refractivity contribution in [1.29, 1.82) is 0 Å². The van der Waals surface area contributed by atoms with Gasteiger partial charge in [-0.3, -0.25) is 42.9 Å². The van der Waals surface area contributed by atoms with E-state index in [1.165, 1.54) is 103 Å². The molecule has 4 aliphatic rings. The van der Waals surface area contributed by atoms with Crippen LogP contribution in [0.25, 0.3) is 21.8 Å². The van der Waals surface area contributed by atoms with E-state index in [4.69, 9.17) is 60.1 Å². The molecule has 2 aromatic heterocycles. The maximum atomic E-state index is 13.1. The molecule has 0 radical (unpaired) electrons. The van der Waals surface area contributed by atoms with Gasteiger partial charge in [-0.2, -0.15) is 0 Å². The van der Waals surface area contributed by atoms with Gasteiger partial charge in [-0.05, 0) is 188 Å². The Kier molecular flexibility index (Phi) is 37.1. The first-order valence-electron chi connectivity index (χ1n) is 38.4. The lowest BCUT2D eigenvalue weighted by Crippen LogP contribution is -2.43. The fourth-order valence-corrected chi connectivity index (χ4v) is 13.4. The van der Waals surface area contributed by atoms with E-state index in [0.29, 0.717) is 90.6 Å². The molecule has 4 fully saturated rings. The van der Waals surface area contributed by atoms with Crippen molar-refractivity contribution in [2.24, 2.45) is 11.5 Å². The van der Waals surface area contributed by atoms with Gasteiger partial charge in [0.15, 0.2) is 17.3 Å². The van der Waals surface area contributed by atoms with Gasteiger partial charge in [0.1, 0.15) is 40.2 Å². The number of hydrogen-bond acceptors (Lipinski definition) is 18. The van der Waals surface area contributed by atoms with Crippen LogP contribution in [0.1, 0.15) is 121 Å². The van der Waals surface area contributed by atoms with Gasteiger partial charge in [-0.25, -0.2) is 24.0 Å². The lowest BCUT2D eigenvalue weighted by atomic mass is 10.0. The molecule has 4 saturated heterocycles. The molecule has 125 heavy (non-hydrogen) atoms. The van der Waals surface area contributed by atoms with Crippen LogP contribution in [0.2, 0.25) is 0 Å². The van der Waals surface area contributed by atoms with Crippen LogP contribution in [0.4, 0.5) is 77.6 Å². The number of ketones is 3. The van der Waals surface area contributed by atoms with Crippen molar-refractivity contribution in [2.45, 2.75) is 186 Å². The molecule has 41 heteroatoms. The van der Waals surface area contributed by atoms with Crippen LogP contribution in [0.15, 0.2) is 158 Å². The third-order valence-corrected chi connectivity index (χ3v) is 18.2. The van der Waals surface area contributed by atoms with Crippen molar-refractivity contribution in [2.75, 3.05) is 37.3 Å². The van der Waals surface area contributed by atoms with Gasteiger partial charge in [0.25, 0.3) is 0 Å². The maximum Gasteiger partial charge on any atom is 0.573 e. The minimum atomic E-state index is -4.82. The van der Waals surface area contributed by atoms with E-state index in [1.54, 1.807) is 108 Å². The number of aromatic nitrogens is 2. The maximum absolute atomic E-state index is 13.1. The molecule has 0 spiro atoms. The van der Waals surface area contributed by atoms with Gasteiger partial charge in [0.2, 0.25) is 5.91 Å². The Bertz CT molecular complexity index is 5030. The summed E-state index contributed by atoms with van der Waals surface area (Å²) in [5, 5.41) is 22.4. The molecule has 0 unspecified atom stereocenters. The van der Waals surface area contributed by atoms with E-state index >= 15 is 0 Å². The number of fused-ring (bicyclic) bond motifs is 2. The zero-order chi connectivity index (χ0) is 93.1. The number of para-hydroxylation sites is 2. The topological polar surface area (TPSA) is 376 Å². The lowest BCUT2D eigenvalue weighted by molar-refractivity contribution is -0.275. The Hall–Kier alpha value is -12.0. The van der Waals surface area contributed by atoms with E-state index < -0.39 is 96.7 Å². The number of aliphatic carboxylic acids is 2. The second-order valence-corrected chi connectivity index (χ2v) is 30.9.